The Hall–Kier alpha value is -3.31. The zero-order valence-electron chi connectivity index (χ0n) is 23.5. The molecule has 0 radical (unpaired) electrons. The van der Waals surface area contributed by atoms with Crippen molar-refractivity contribution < 1.29 is 42.1 Å². The maximum absolute atomic E-state index is 14.3. The van der Waals surface area contributed by atoms with E-state index in [-0.39, 0.29) is 61.6 Å². The van der Waals surface area contributed by atoms with E-state index >= 15 is 0 Å². The van der Waals surface area contributed by atoms with Crippen LogP contribution < -0.4 is 5.32 Å². The fraction of sp³-hybridized carbons (Fsp3) is 0.577. The van der Waals surface area contributed by atoms with Crippen molar-refractivity contribution in [2.45, 2.75) is 37.1 Å². The third-order valence-corrected chi connectivity index (χ3v) is 9.68. The summed E-state index contributed by atoms with van der Waals surface area (Å²) in [4.78, 5) is 34.5. The van der Waals surface area contributed by atoms with Gasteiger partial charge in [0.2, 0.25) is 10.0 Å². The lowest BCUT2D eigenvalue weighted by Crippen LogP contribution is -2.59. The smallest absolute Gasteiger partial charge is 0.320 e. The molecule has 230 valence electrons. The highest BCUT2D eigenvalue weighted by molar-refractivity contribution is 7.89. The van der Waals surface area contributed by atoms with Crippen molar-refractivity contribution in [3.63, 3.8) is 0 Å². The largest absolute Gasteiger partial charge is 0.506 e. The van der Waals surface area contributed by atoms with Crippen LogP contribution in [0, 0.1) is 5.82 Å². The number of aliphatic imine (C=N–C) groups is 1. The third-order valence-electron chi connectivity index (χ3n) is 7.70. The maximum Gasteiger partial charge on any atom is 0.320 e. The number of amidine groups is 1. The highest BCUT2D eigenvalue weighted by Crippen LogP contribution is 2.29. The number of fused-ring (bicyclic) bond motifs is 1. The molecule has 4 aliphatic rings. The van der Waals surface area contributed by atoms with Gasteiger partial charge in [0.05, 0.1) is 24.7 Å². The number of hydrogen-bond donors (Lipinski definition) is 3. The summed E-state index contributed by atoms with van der Waals surface area (Å²) in [6.07, 6.45) is -1.50. The summed E-state index contributed by atoms with van der Waals surface area (Å²) in [5.41, 5.74) is -1.25. The van der Waals surface area contributed by atoms with Crippen LogP contribution in [0.1, 0.15) is 19.4 Å². The molecule has 1 atom stereocenters. The summed E-state index contributed by atoms with van der Waals surface area (Å²) in [6.45, 7) is 5.89. The molecular weight excluding hydrogens is 575 g/mol. The zero-order valence-corrected chi connectivity index (χ0v) is 24.3. The number of aliphatic hydroxyl groups excluding tert-OH is 2. The molecule has 5 rings (SSSR count). The lowest BCUT2D eigenvalue weighted by molar-refractivity contribution is -0.118. The summed E-state index contributed by atoms with van der Waals surface area (Å²) in [7, 11) is -4.19. The van der Waals surface area contributed by atoms with Gasteiger partial charge in [0.25, 0.3) is 5.91 Å². The van der Waals surface area contributed by atoms with Gasteiger partial charge in [-0.3, -0.25) is 4.79 Å². The molecule has 4 heterocycles. The Bertz CT molecular complexity index is 1400. The van der Waals surface area contributed by atoms with Gasteiger partial charge in [0.15, 0.2) is 17.7 Å². The van der Waals surface area contributed by atoms with Crippen molar-refractivity contribution in [3.05, 3.63) is 41.0 Å². The number of nitrogens with zero attached hydrogens (tertiary/aromatic N) is 5. The van der Waals surface area contributed by atoms with E-state index in [4.69, 9.17) is 9.47 Å². The monoisotopic (exact) mass is 610 g/mol. The molecule has 0 bridgehead atoms. The fourth-order valence-electron chi connectivity index (χ4n) is 5.34. The van der Waals surface area contributed by atoms with Crippen LogP contribution in [0.3, 0.4) is 0 Å². The molecule has 3 N–H and O–H groups in total. The fourth-order valence-corrected chi connectivity index (χ4v) is 7.00. The number of ether oxygens (including phenoxy) is 2. The lowest BCUT2D eigenvalue weighted by atomic mass is 10.0. The topological polar surface area (TPSA) is 165 Å². The molecule has 1 aromatic carbocycles. The molecule has 42 heavy (non-hydrogen) atoms. The van der Waals surface area contributed by atoms with E-state index in [9.17, 15) is 32.6 Å². The number of hydrogen-bond acceptors (Lipinski definition) is 10. The number of urea groups is 1. The average Bonchev–Trinajstić information content (AvgIpc) is 2.98. The molecule has 3 amide bonds. The Morgan fingerprint density at radius 1 is 1.07 bits per heavy atom. The van der Waals surface area contributed by atoms with Crippen LogP contribution in [0.15, 0.2) is 39.5 Å². The second kappa shape index (κ2) is 11.8. The normalized spacial score (nSPS) is 23.4. The number of benzene rings is 1. The van der Waals surface area contributed by atoms with Crippen LogP contribution in [0.5, 0.6) is 0 Å². The number of carbonyl (C=O) groups is 2. The molecule has 14 nitrogen and oxygen atoms in total. The van der Waals surface area contributed by atoms with Crippen molar-refractivity contribution >= 4 is 27.8 Å². The number of carbonyl (C=O) groups excluding carboxylic acids is 2. The Morgan fingerprint density at radius 3 is 2.43 bits per heavy atom. The predicted molar refractivity (Wildman–Crippen MR) is 146 cm³/mol. The first-order valence-electron chi connectivity index (χ1n) is 13.7. The number of sulfonamides is 1. The molecule has 1 unspecified atom stereocenters. The average molecular weight is 611 g/mol. The van der Waals surface area contributed by atoms with E-state index in [1.807, 2.05) is 0 Å². The minimum atomic E-state index is -4.19. The number of nitrogens with one attached hydrogen (secondary N) is 1. The number of amides is 3. The number of halogens is 1. The first-order chi connectivity index (χ1) is 19.9. The lowest BCUT2D eigenvalue weighted by Gasteiger charge is -2.44. The quantitative estimate of drug-likeness (QED) is 0.410. The van der Waals surface area contributed by atoms with Crippen LogP contribution in [0.2, 0.25) is 0 Å². The van der Waals surface area contributed by atoms with E-state index in [1.54, 1.807) is 23.6 Å². The van der Waals surface area contributed by atoms with Gasteiger partial charge in [-0.2, -0.15) is 4.31 Å². The van der Waals surface area contributed by atoms with Gasteiger partial charge in [-0.15, -0.1) is 0 Å². The van der Waals surface area contributed by atoms with E-state index in [2.05, 4.69) is 10.3 Å². The van der Waals surface area contributed by atoms with Gasteiger partial charge >= 0.3 is 6.03 Å². The molecule has 16 heteroatoms. The molecule has 0 saturated carbocycles. The van der Waals surface area contributed by atoms with Crippen molar-refractivity contribution in [1.29, 1.82) is 0 Å². The minimum absolute atomic E-state index is 0.0191. The van der Waals surface area contributed by atoms with Crippen LogP contribution >= 0.6 is 0 Å². The number of rotatable bonds is 5. The number of aliphatic hydroxyl groups is 2. The summed E-state index contributed by atoms with van der Waals surface area (Å²) < 4.78 is 53.7. The third kappa shape index (κ3) is 5.81. The standard InChI is InChI=1S/C26H35FN6O8S/c1-26(2)24-29-20(21(34)23(36)33(24)11-14-41-26)22(35)28-16-17-3-4-18(27)15-19(17)42(38,39)32-7-5-30(6-8-32)25(37)31-9-12-40-13-10-31/h3-4,15,23,34,36H,5-14,16H2,1-2H3,(H,28,35). The first-order valence-corrected chi connectivity index (χ1v) is 15.1. The Balaban J connectivity index is 1.29. The van der Waals surface area contributed by atoms with Gasteiger partial charge in [-0.25, -0.2) is 22.6 Å². The first kappa shape index (κ1) is 30.2. The van der Waals surface area contributed by atoms with E-state index in [0.717, 1.165) is 12.1 Å². The van der Waals surface area contributed by atoms with Gasteiger partial charge in [-0.1, -0.05) is 6.07 Å². The number of piperazine rings is 1. The minimum Gasteiger partial charge on any atom is -0.506 e. The molecule has 0 aliphatic carbocycles. The van der Waals surface area contributed by atoms with Crippen LogP contribution in [0.25, 0.3) is 0 Å². The van der Waals surface area contributed by atoms with Crippen LogP contribution in [0.4, 0.5) is 9.18 Å². The highest BCUT2D eigenvalue weighted by Gasteiger charge is 2.43. The summed E-state index contributed by atoms with van der Waals surface area (Å²) in [5.74, 6) is -2.01. The molecule has 0 spiro atoms. The summed E-state index contributed by atoms with van der Waals surface area (Å²) in [5, 5.41) is 23.7. The second-order valence-electron chi connectivity index (χ2n) is 10.8. The Morgan fingerprint density at radius 2 is 1.74 bits per heavy atom. The van der Waals surface area contributed by atoms with Gasteiger partial charge in [0.1, 0.15) is 17.3 Å². The summed E-state index contributed by atoms with van der Waals surface area (Å²) >= 11 is 0. The number of morpholine rings is 2. The van der Waals surface area contributed by atoms with Crippen LogP contribution in [-0.2, 0) is 30.8 Å². The predicted octanol–water partition coefficient (Wildman–Crippen LogP) is -0.189. The van der Waals surface area contributed by atoms with Crippen molar-refractivity contribution in [1.82, 2.24) is 24.3 Å². The van der Waals surface area contributed by atoms with Gasteiger partial charge in [-0.05, 0) is 31.5 Å². The molecular formula is C26H35FN6O8S. The van der Waals surface area contributed by atoms with Gasteiger partial charge in [0, 0.05) is 52.4 Å². The maximum atomic E-state index is 14.3. The van der Waals surface area contributed by atoms with E-state index in [1.165, 1.54) is 15.3 Å². The van der Waals surface area contributed by atoms with Crippen LogP contribution in [-0.4, -0.2) is 133 Å². The molecule has 3 saturated heterocycles. The van der Waals surface area contributed by atoms with Gasteiger partial charge < -0.3 is 39.7 Å². The van der Waals surface area contributed by atoms with E-state index in [0.29, 0.717) is 32.9 Å². The Kier molecular flexibility index (Phi) is 8.44. The SMILES string of the molecule is CC1(C)OCCN2C1=NC(C(=O)NCc1ccc(F)cc1S(=O)(=O)N1CCN(C(=O)N3CCOCC3)CC1)=C(O)C2O. The van der Waals surface area contributed by atoms with Crippen molar-refractivity contribution in [2.75, 3.05) is 65.6 Å². The highest BCUT2D eigenvalue weighted by atomic mass is 32.2. The van der Waals surface area contributed by atoms with E-state index < -0.39 is 45.0 Å². The molecule has 0 aromatic heterocycles. The second-order valence-corrected chi connectivity index (χ2v) is 12.7. The molecule has 4 aliphatic heterocycles. The Labute approximate surface area is 243 Å². The van der Waals surface area contributed by atoms with Crippen molar-refractivity contribution in [2.24, 2.45) is 4.99 Å². The van der Waals surface area contributed by atoms with Crippen molar-refractivity contribution in [3.8, 4) is 0 Å². The molecule has 1 aromatic rings. The zero-order chi connectivity index (χ0) is 30.2. The summed E-state index contributed by atoms with van der Waals surface area (Å²) in [6, 6.07) is 3.06. The molecule has 3 fully saturated rings.